The molecule has 2 aromatic rings. The summed E-state index contributed by atoms with van der Waals surface area (Å²) in [6.07, 6.45) is 5.02. The van der Waals surface area contributed by atoms with E-state index in [4.69, 9.17) is 46.4 Å². The molecule has 0 aliphatic carbocycles. The molecule has 32 heavy (non-hydrogen) atoms. The fourth-order valence-corrected chi connectivity index (χ4v) is 2.92. The molecular formula is C18H18Cl4N6O4. The largest absolute Gasteiger partial charge is 0.386 e. The average molecular weight is 524 g/mol. The molecule has 0 aliphatic heterocycles. The average Bonchev–Trinajstić information content (AvgIpc) is 2.73. The Kier molecular flexibility index (Phi) is 11.1. The van der Waals surface area contributed by atoms with E-state index in [9.17, 15) is 20.2 Å². The number of halogens is 4. The number of rotatable bonds is 8. The lowest BCUT2D eigenvalue weighted by Crippen LogP contribution is -2.25. The normalized spacial score (nSPS) is 11.8. The van der Waals surface area contributed by atoms with Gasteiger partial charge in [0.1, 0.15) is 16.0 Å². The fourth-order valence-electron chi connectivity index (χ4n) is 2.18. The van der Waals surface area contributed by atoms with E-state index in [1.807, 2.05) is 0 Å². The van der Waals surface area contributed by atoms with Gasteiger partial charge in [0, 0.05) is 38.5 Å². The fraction of sp³-hybridized carbons (Fsp3) is 0.222. The van der Waals surface area contributed by atoms with Crippen LogP contribution < -0.4 is 10.6 Å². The van der Waals surface area contributed by atoms with E-state index in [2.05, 4.69) is 20.6 Å². The summed E-state index contributed by atoms with van der Waals surface area (Å²) in [6.45, 7) is 0. The van der Waals surface area contributed by atoms with Crippen LogP contribution in [-0.4, -0.2) is 33.9 Å². The van der Waals surface area contributed by atoms with E-state index in [1.165, 1.54) is 19.3 Å². The molecule has 0 unspecified atom stereocenters. The lowest BCUT2D eigenvalue weighted by Gasteiger charge is -2.21. The highest BCUT2D eigenvalue weighted by Crippen LogP contribution is 2.39. The predicted octanol–water partition coefficient (Wildman–Crippen LogP) is 4.32. The molecule has 0 aromatic carbocycles. The molecule has 0 saturated heterocycles. The zero-order valence-corrected chi connectivity index (χ0v) is 19.8. The quantitative estimate of drug-likeness (QED) is 0.226. The minimum absolute atomic E-state index is 0.0370. The Bertz CT molecular complexity index is 982. The third-order valence-corrected chi connectivity index (χ3v) is 4.99. The van der Waals surface area contributed by atoms with Crippen LogP contribution in [0.3, 0.4) is 0 Å². The van der Waals surface area contributed by atoms with Gasteiger partial charge in [-0.05, 0) is 17.7 Å². The Labute approximate surface area is 203 Å². The number of nitrogens with one attached hydrogen (secondary N) is 2. The predicted molar refractivity (Wildman–Crippen MR) is 124 cm³/mol. The van der Waals surface area contributed by atoms with Crippen LogP contribution in [-0.2, 0) is 10.8 Å². The van der Waals surface area contributed by atoms with Gasteiger partial charge in [0.05, 0.1) is 15.5 Å². The first-order chi connectivity index (χ1) is 15.0. The minimum Gasteiger partial charge on any atom is -0.386 e. The number of allylic oxidation sites excluding steroid dienone is 2. The molecule has 0 spiro atoms. The van der Waals surface area contributed by atoms with Crippen LogP contribution in [0.5, 0.6) is 0 Å². The number of hydrogen-bond acceptors (Lipinski definition) is 8. The van der Waals surface area contributed by atoms with Gasteiger partial charge in [0.2, 0.25) is 0 Å². The Morgan fingerprint density at radius 3 is 1.94 bits per heavy atom. The topological polar surface area (TPSA) is 136 Å². The van der Waals surface area contributed by atoms with E-state index in [0.717, 1.165) is 11.8 Å². The zero-order valence-electron chi connectivity index (χ0n) is 16.8. The van der Waals surface area contributed by atoms with Crippen LogP contribution in [0, 0.1) is 20.2 Å². The summed E-state index contributed by atoms with van der Waals surface area (Å²) in [5.41, 5.74) is 1.80. The van der Waals surface area contributed by atoms with Crippen LogP contribution in [0.4, 0.5) is 0 Å². The Morgan fingerprint density at radius 1 is 0.969 bits per heavy atom. The second-order valence-corrected chi connectivity index (χ2v) is 7.98. The molecule has 0 bridgehead atoms. The summed E-state index contributed by atoms with van der Waals surface area (Å²) in [4.78, 5) is 27.3. The number of nitro groups is 2. The summed E-state index contributed by atoms with van der Waals surface area (Å²) >= 11 is 23.4. The number of nitrogens with zero attached hydrogens (tertiary/aromatic N) is 4. The maximum absolute atomic E-state index is 10.4. The van der Waals surface area contributed by atoms with Crippen molar-refractivity contribution >= 4 is 46.4 Å². The van der Waals surface area contributed by atoms with Crippen molar-refractivity contribution in [1.29, 1.82) is 0 Å². The molecule has 0 radical (unpaired) electrons. The lowest BCUT2D eigenvalue weighted by atomic mass is 10.1. The van der Waals surface area contributed by atoms with E-state index >= 15 is 0 Å². The third-order valence-electron chi connectivity index (χ3n) is 3.70. The number of alkyl halides is 2. The SMILES string of the molecule is CN/C(=C\[N+](=O)[O-])C(Cl)(Cl)c1ccc(Cl)nc1.CN/C(=C\[N+](=O)[O-])Cc1ccc(Cl)nc1. The third kappa shape index (κ3) is 9.23. The molecule has 0 amide bonds. The van der Waals surface area contributed by atoms with Gasteiger partial charge >= 0.3 is 0 Å². The van der Waals surface area contributed by atoms with Gasteiger partial charge in [0.15, 0.2) is 4.33 Å². The van der Waals surface area contributed by atoms with Crippen LogP contribution in [0.25, 0.3) is 0 Å². The molecule has 0 atom stereocenters. The first-order valence-electron chi connectivity index (χ1n) is 8.65. The van der Waals surface area contributed by atoms with Crippen molar-refractivity contribution in [1.82, 2.24) is 20.6 Å². The molecule has 2 aromatic heterocycles. The van der Waals surface area contributed by atoms with E-state index < -0.39 is 14.2 Å². The van der Waals surface area contributed by atoms with Gasteiger partial charge in [-0.15, -0.1) is 0 Å². The first-order valence-corrected chi connectivity index (χ1v) is 10.2. The van der Waals surface area contributed by atoms with Crippen molar-refractivity contribution in [3.8, 4) is 0 Å². The molecule has 2 N–H and O–H groups in total. The summed E-state index contributed by atoms with van der Waals surface area (Å²) in [6, 6.07) is 6.47. The first kappa shape index (κ1) is 27.4. The summed E-state index contributed by atoms with van der Waals surface area (Å²) in [7, 11) is 3.12. The summed E-state index contributed by atoms with van der Waals surface area (Å²) < 4.78 is -1.58. The number of likely N-dealkylation sites (N-methyl/N-ethyl adjacent to an activating group) is 2. The van der Waals surface area contributed by atoms with Gasteiger partial charge in [0.25, 0.3) is 12.4 Å². The second-order valence-electron chi connectivity index (χ2n) is 5.88. The van der Waals surface area contributed by atoms with Crippen molar-refractivity contribution in [3.63, 3.8) is 0 Å². The monoisotopic (exact) mass is 522 g/mol. The highest BCUT2D eigenvalue weighted by molar-refractivity contribution is 6.50. The van der Waals surface area contributed by atoms with Gasteiger partial charge in [-0.25, -0.2) is 9.97 Å². The van der Waals surface area contributed by atoms with E-state index in [0.29, 0.717) is 29.0 Å². The van der Waals surface area contributed by atoms with Crippen molar-refractivity contribution in [3.05, 3.63) is 102 Å². The molecule has 0 aliphatic rings. The summed E-state index contributed by atoms with van der Waals surface area (Å²) in [5, 5.41) is 26.7. The standard InChI is InChI=1S/C9H8Cl3N3O2.C9H10ClN3O2/c1-13-7(5-15(16)17)9(11,12)6-2-3-8(10)14-4-6;1-11-8(6-13(14)15)4-7-2-3-9(10)12-5-7/h2-5,13H,1H3;2-3,5-6,11H,4H2,1H3/b7-5-;8-6-. The molecule has 10 nitrogen and oxygen atoms in total. The van der Waals surface area contributed by atoms with Crippen LogP contribution in [0.2, 0.25) is 10.3 Å². The Balaban J connectivity index is 0.000000323. The molecule has 14 heteroatoms. The molecule has 2 rings (SSSR count). The van der Waals surface area contributed by atoms with Crippen molar-refractivity contribution in [2.45, 2.75) is 10.8 Å². The maximum atomic E-state index is 10.4. The Morgan fingerprint density at radius 2 is 1.53 bits per heavy atom. The minimum atomic E-state index is -1.58. The molecule has 0 saturated carbocycles. The second kappa shape index (κ2) is 13.0. The van der Waals surface area contributed by atoms with Crippen LogP contribution in [0.15, 0.2) is 60.5 Å². The van der Waals surface area contributed by atoms with Crippen molar-refractivity contribution in [2.75, 3.05) is 14.1 Å². The van der Waals surface area contributed by atoms with Crippen molar-refractivity contribution in [2.24, 2.45) is 0 Å². The van der Waals surface area contributed by atoms with Gasteiger partial charge in [-0.1, -0.05) is 58.5 Å². The van der Waals surface area contributed by atoms with Crippen LogP contribution >= 0.6 is 46.4 Å². The highest BCUT2D eigenvalue weighted by Gasteiger charge is 2.34. The van der Waals surface area contributed by atoms with E-state index in [1.54, 1.807) is 31.4 Å². The maximum Gasteiger partial charge on any atom is 0.256 e. The smallest absolute Gasteiger partial charge is 0.256 e. The Hall–Kier alpha value is -2.66. The molecular weight excluding hydrogens is 506 g/mol. The molecule has 0 fully saturated rings. The van der Waals surface area contributed by atoms with Crippen molar-refractivity contribution < 1.29 is 9.85 Å². The number of pyridine rings is 2. The molecule has 172 valence electrons. The number of hydrogen-bond donors (Lipinski definition) is 2. The van der Waals surface area contributed by atoms with E-state index in [-0.39, 0.29) is 10.9 Å². The number of aromatic nitrogens is 2. The summed E-state index contributed by atoms with van der Waals surface area (Å²) in [5.74, 6) is 0. The van der Waals surface area contributed by atoms with Gasteiger partial charge in [-0.3, -0.25) is 20.2 Å². The van der Waals surface area contributed by atoms with Gasteiger partial charge in [-0.2, -0.15) is 0 Å². The lowest BCUT2D eigenvalue weighted by molar-refractivity contribution is -0.404. The highest BCUT2D eigenvalue weighted by atomic mass is 35.5. The van der Waals surface area contributed by atoms with Gasteiger partial charge < -0.3 is 10.6 Å². The molecule has 2 heterocycles. The zero-order chi connectivity index (χ0) is 24.3. The van der Waals surface area contributed by atoms with Crippen LogP contribution in [0.1, 0.15) is 11.1 Å².